The zero-order valence-corrected chi connectivity index (χ0v) is 14.4. The zero-order chi connectivity index (χ0) is 16.2. The van der Waals surface area contributed by atoms with Crippen LogP contribution in [0, 0.1) is 6.92 Å². The van der Waals surface area contributed by atoms with Gasteiger partial charge in [-0.1, -0.05) is 5.16 Å². The Bertz CT molecular complexity index is 648. The molecule has 3 heterocycles. The SMILES string of the molecule is Cc1ccnc(Br)c1NC(=O)N1CCN(Cc2ccon2)CC1. The fourth-order valence-corrected chi connectivity index (χ4v) is 3.05. The number of carbonyl (C=O) groups excluding carboxylic acids is 1. The van der Waals surface area contributed by atoms with E-state index in [2.05, 4.69) is 36.3 Å². The van der Waals surface area contributed by atoms with Crippen molar-refractivity contribution < 1.29 is 9.32 Å². The van der Waals surface area contributed by atoms with Gasteiger partial charge in [-0.2, -0.15) is 0 Å². The van der Waals surface area contributed by atoms with Crippen molar-refractivity contribution in [3.63, 3.8) is 0 Å². The Morgan fingerprint density at radius 1 is 1.35 bits per heavy atom. The predicted octanol–water partition coefficient (Wildman–Crippen LogP) is 2.49. The van der Waals surface area contributed by atoms with Crippen LogP contribution in [0.15, 0.2) is 33.7 Å². The van der Waals surface area contributed by atoms with Crippen molar-refractivity contribution in [1.82, 2.24) is 19.9 Å². The Hall–Kier alpha value is -1.93. The number of hydrogen-bond acceptors (Lipinski definition) is 5. The lowest BCUT2D eigenvalue weighted by Crippen LogP contribution is -2.49. The van der Waals surface area contributed by atoms with E-state index in [4.69, 9.17) is 4.52 Å². The third-order valence-electron chi connectivity index (χ3n) is 3.88. The van der Waals surface area contributed by atoms with E-state index in [1.54, 1.807) is 12.5 Å². The van der Waals surface area contributed by atoms with E-state index in [0.717, 1.165) is 36.6 Å². The fraction of sp³-hybridized carbons (Fsp3) is 0.400. The van der Waals surface area contributed by atoms with Crippen LogP contribution in [0.2, 0.25) is 0 Å². The minimum Gasteiger partial charge on any atom is -0.364 e. The summed E-state index contributed by atoms with van der Waals surface area (Å²) >= 11 is 3.37. The van der Waals surface area contributed by atoms with Crippen LogP contribution in [-0.2, 0) is 6.54 Å². The van der Waals surface area contributed by atoms with E-state index in [1.165, 1.54) is 0 Å². The molecule has 122 valence electrons. The number of pyridine rings is 1. The number of halogens is 1. The van der Waals surface area contributed by atoms with E-state index >= 15 is 0 Å². The van der Waals surface area contributed by atoms with Gasteiger partial charge in [-0.05, 0) is 34.5 Å². The molecule has 23 heavy (non-hydrogen) atoms. The average molecular weight is 380 g/mol. The number of rotatable bonds is 3. The van der Waals surface area contributed by atoms with Crippen molar-refractivity contribution in [2.24, 2.45) is 0 Å². The van der Waals surface area contributed by atoms with Crippen molar-refractivity contribution >= 4 is 27.6 Å². The average Bonchev–Trinajstić information content (AvgIpc) is 3.04. The highest BCUT2D eigenvalue weighted by Gasteiger charge is 2.22. The fourth-order valence-electron chi connectivity index (χ4n) is 2.52. The maximum absolute atomic E-state index is 12.4. The van der Waals surface area contributed by atoms with Gasteiger partial charge in [0.2, 0.25) is 0 Å². The Morgan fingerprint density at radius 3 is 2.78 bits per heavy atom. The first-order valence-corrected chi connectivity index (χ1v) is 8.21. The van der Waals surface area contributed by atoms with Gasteiger partial charge in [-0.3, -0.25) is 4.90 Å². The number of nitrogens with zero attached hydrogens (tertiary/aromatic N) is 4. The molecule has 0 aliphatic carbocycles. The topological polar surface area (TPSA) is 74.5 Å². The van der Waals surface area contributed by atoms with E-state index < -0.39 is 0 Å². The van der Waals surface area contributed by atoms with E-state index in [-0.39, 0.29) is 6.03 Å². The first kappa shape index (κ1) is 15.9. The lowest BCUT2D eigenvalue weighted by molar-refractivity contribution is 0.141. The Morgan fingerprint density at radius 2 is 2.13 bits per heavy atom. The van der Waals surface area contributed by atoms with Gasteiger partial charge in [0.25, 0.3) is 0 Å². The summed E-state index contributed by atoms with van der Waals surface area (Å²) in [7, 11) is 0. The lowest BCUT2D eigenvalue weighted by Gasteiger charge is -2.34. The Balaban J connectivity index is 1.54. The molecular formula is C15H18BrN5O2. The largest absolute Gasteiger partial charge is 0.364 e. The standard InChI is InChI=1S/C15H18BrN5O2/c1-11-2-4-17-14(16)13(11)18-15(22)21-7-5-20(6-8-21)10-12-3-9-23-19-12/h2-4,9H,5-8,10H2,1H3,(H,18,22). The molecule has 1 aliphatic rings. The summed E-state index contributed by atoms with van der Waals surface area (Å²) < 4.78 is 5.49. The minimum atomic E-state index is -0.0945. The first-order chi connectivity index (χ1) is 11.1. The highest BCUT2D eigenvalue weighted by molar-refractivity contribution is 9.10. The second-order valence-corrected chi connectivity index (χ2v) is 6.23. The van der Waals surface area contributed by atoms with Crippen molar-refractivity contribution in [2.45, 2.75) is 13.5 Å². The monoisotopic (exact) mass is 379 g/mol. The number of hydrogen-bond donors (Lipinski definition) is 1. The summed E-state index contributed by atoms with van der Waals surface area (Å²) in [4.78, 5) is 20.6. The number of aryl methyl sites for hydroxylation is 1. The van der Waals surface area contributed by atoms with Crippen LogP contribution in [0.1, 0.15) is 11.3 Å². The molecule has 0 atom stereocenters. The van der Waals surface area contributed by atoms with Crippen LogP contribution in [-0.4, -0.2) is 52.2 Å². The number of carbonyl (C=O) groups is 1. The number of anilines is 1. The summed E-state index contributed by atoms with van der Waals surface area (Å²) in [5.41, 5.74) is 2.62. The first-order valence-electron chi connectivity index (χ1n) is 7.42. The molecule has 0 aromatic carbocycles. The molecule has 7 nitrogen and oxygen atoms in total. The normalized spacial score (nSPS) is 15.7. The molecule has 2 aromatic rings. The second-order valence-electron chi connectivity index (χ2n) is 5.48. The number of aromatic nitrogens is 2. The maximum Gasteiger partial charge on any atom is 0.322 e. The van der Waals surface area contributed by atoms with Gasteiger partial charge in [0.05, 0.1) is 11.4 Å². The molecule has 2 amide bonds. The number of nitrogens with one attached hydrogen (secondary N) is 1. The summed E-state index contributed by atoms with van der Waals surface area (Å²) in [5.74, 6) is 0. The third kappa shape index (κ3) is 3.89. The van der Waals surface area contributed by atoms with Gasteiger partial charge >= 0.3 is 6.03 Å². The second kappa shape index (κ2) is 7.10. The zero-order valence-electron chi connectivity index (χ0n) is 12.8. The molecule has 0 saturated carbocycles. The van der Waals surface area contributed by atoms with E-state index in [9.17, 15) is 4.79 Å². The molecule has 1 fully saturated rings. The molecule has 0 radical (unpaired) electrons. The number of piperazine rings is 1. The predicted molar refractivity (Wildman–Crippen MR) is 89.0 cm³/mol. The van der Waals surface area contributed by atoms with E-state index in [0.29, 0.717) is 17.7 Å². The molecule has 3 rings (SSSR count). The number of amides is 2. The molecule has 2 aromatic heterocycles. The van der Waals surface area contributed by atoms with Crippen LogP contribution in [0.25, 0.3) is 0 Å². The molecule has 8 heteroatoms. The third-order valence-corrected chi connectivity index (χ3v) is 4.48. The van der Waals surface area contributed by atoms with Gasteiger partial charge in [0.1, 0.15) is 10.9 Å². The van der Waals surface area contributed by atoms with Gasteiger partial charge in [0.15, 0.2) is 0 Å². The summed E-state index contributed by atoms with van der Waals surface area (Å²) in [5, 5.41) is 6.86. The van der Waals surface area contributed by atoms with Gasteiger partial charge in [0, 0.05) is 45.0 Å². The van der Waals surface area contributed by atoms with Crippen molar-refractivity contribution in [1.29, 1.82) is 0 Å². The smallest absolute Gasteiger partial charge is 0.322 e. The Kier molecular flexibility index (Phi) is 4.92. The van der Waals surface area contributed by atoms with Crippen molar-refractivity contribution in [3.05, 3.63) is 40.5 Å². The lowest BCUT2D eigenvalue weighted by atomic mass is 10.2. The minimum absolute atomic E-state index is 0.0945. The van der Waals surface area contributed by atoms with E-state index in [1.807, 2.05) is 24.0 Å². The van der Waals surface area contributed by atoms with Gasteiger partial charge < -0.3 is 14.7 Å². The van der Waals surface area contributed by atoms with Crippen LogP contribution in [0.3, 0.4) is 0 Å². The molecule has 0 unspecified atom stereocenters. The summed E-state index contributed by atoms with van der Waals surface area (Å²) in [6.45, 7) is 5.68. The van der Waals surface area contributed by atoms with Gasteiger partial charge in [-0.15, -0.1) is 0 Å². The molecule has 1 aliphatic heterocycles. The van der Waals surface area contributed by atoms with Crippen LogP contribution in [0.4, 0.5) is 10.5 Å². The molecule has 1 saturated heterocycles. The number of urea groups is 1. The molecule has 0 spiro atoms. The summed E-state index contributed by atoms with van der Waals surface area (Å²) in [6, 6.07) is 3.64. The van der Waals surface area contributed by atoms with Crippen LogP contribution in [0.5, 0.6) is 0 Å². The molecular weight excluding hydrogens is 362 g/mol. The highest BCUT2D eigenvalue weighted by Crippen LogP contribution is 2.23. The van der Waals surface area contributed by atoms with Crippen LogP contribution < -0.4 is 5.32 Å². The van der Waals surface area contributed by atoms with Crippen molar-refractivity contribution in [2.75, 3.05) is 31.5 Å². The Labute approximate surface area is 142 Å². The maximum atomic E-state index is 12.4. The highest BCUT2D eigenvalue weighted by atomic mass is 79.9. The summed E-state index contributed by atoms with van der Waals surface area (Å²) in [6.07, 6.45) is 3.28. The van der Waals surface area contributed by atoms with Crippen LogP contribution >= 0.6 is 15.9 Å². The molecule has 1 N–H and O–H groups in total. The van der Waals surface area contributed by atoms with Crippen molar-refractivity contribution in [3.8, 4) is 0 Å². The van der Waals surface area contributed by atoms with Gasteiger partial charge in [-0.25, -0.2) is 9.78 Å². The molecule has 0 bridgehead atoms. The quantitative estimate of drug-likeness (QED) is 0.829.